The lowest BCUT2D eigenvalue weighted by Crippen LogP contribution is -2.07. The van der Waals surface area contributed by atoms with Gasteiger partial charge in [0.2, 0.25) is 0 Å². The number of aryl methyl sites for hydroxylation is 1. The Morgan fingerprint density at radius 3 is 2.52 bits per heavy atom. The first-order valence-corrected chi connectivity index (χ1v) is 9.99. The monoisotopic (exact) mass is 460 g/mol. The summed E-state index contributed by atoms with van der Waals surface area (Å²) in [6.45, 7) is 0. The van der Waals surface area contributed by atoms with Crippen molar-refractivity contribution in [3.05, 3.63) is 56.5 Å². The Balaban J connectivity index is 2.17. The minimum Gasteiger partial charge on any atom is -0.506 e. The van der Waals surface area contributed by atoms with Gasteiger partial charge in [-0.2, -0.15) is 0 Å². The molecular weight excluding hydrogens is 444 g/mol. The van der Waals surface area contributed by atoms with Gasteiger partial charge in [-0.3, -0.25) is 0 Å². The summed E-state index contributed by atoms with van der Waals surface area (Å²) in [6, 6.07) is 12.3. The molecule has 0 aromatic heterocycles. The number of fused-ring (bicyclic) bond motifs is 2. The number of hydrogen-bond donors (Lipinski definition) is 1. The molecule has 0 unspecified atom stereocenters. The molecule has 1 N–H and O–H groups in total. The largest absolute Gasteiger partial charge is 0.506 e. The molecule has 0 amide bonds. The van der Waals surface area contributed by atoms with Crippen LogP contribution in [0.5, 0.6) is 11.5 Å². The summed E-state index contributed by atoms with van der Waals surface area (Å²) in [5.74, 6) is 1.06. The van der Waals surface area contributed by atoms with E-state index in [2.05, 4.69) is 50.1 Å². The Morgan fingerprint density at radius 1 is 0.960 bits per heavy atom. The highest BCUT2D eigenvalue weighted by Gasteiger charge is 2.25. The lowest BCUT2D eigenvalue weighted by Gasteiger charge is -2.24. The highest BCUT2D eigenvalue weighted by Crippen LogP contribution is 2.50. The van der Waals surface area contributed by atoms with E-state index in [9.17, 15) is 5.11 Å². The quantitative estimate of drug-likeness (QED) is 0.464. The molecule has 3 aromatic rings. The van der Waals surface area contributed by atoms with Crippen LogP contribution in [0.25, 0.3) is 21.9 Å². The summed E-state index contributed by atoms with van der Waals surface area (Å²) in [4.78, 5) is 0. The van der Waals surface area contributed by atoms with Gasteiger partial charge in [0.1, 0.15) is 11.5 Å². The number of halogens is 2. The van der Waals surface area contributed by atoms with Crippen LogP contribution in [-0.2, 0) is 12.8 Å². The number of phenolic OH excluding ortho intramolecular Hbond substituents is 1. The lowest BCUT2D eigenvalue weighted by atomic mass is 9.83. The van der Waals surface area contributed by atoms with Crippen molar-refractivity contribution in [1.29, 1.82) is 0 Å². The Bertz CT molecular complexity index is 980. The van der Waals surface area contributed by atoms with E-state index in [-0.39, 0.29) is 5.75 Å². The molecule has 1 aliphatic rings. The molecule has 25 heavy (non-hydrogen) atoms. The van der Waals surface area contributed by atoms with Crippen LogP contribution in [0.1, 0.15) is 24.0 Å². The second-order valence-electron chi connectivity index (χ2n) is 6.41. The van der Waals surface area contributed by atoms with E-state index < -0.39 is 0 Å². The molecule has 0 radical (unpaired) electrons. The van der Waals surface area contributed by atoms with E-state index in [1.165, 1.54) is 17.5 Å². The summed E-state index contributed by atoms with van der Waals surface area (Å²) in [6.07, 6.45) is 4.44. The zero-order valence-electron chi connectivity index (χ0n) is 13.9. The zero-order chi connectivity index (χ0) is 17.6. The topological polar surface area (TPSA) is 29.5 Å². The summed E-state index contributed by atoms with van der Waals surface area (Å²) in [7, 11) is 1.69. The minimum atomic E-state index is 0.267. The standard InChI is InChI=1S/C21H18Br2O2/c1-25-21-17(23)11-13-7-3-5-9-15(13)19(21)18-14-8-4-2-6-12(14)10-16(22)20(18)24/h2,4,6,8,10-11,24H,3,5,7,9H2,1H3. The van der Waals surface area contributed by atoms with Crippen LogP contribution in [-0.4, -0.2) is 12.2 Å². The van der Waals surface area contributed by atoms with Gasteiger partial charge in [0, 0.05) is 11.1 Å². The van der Waals surface area contributed by atoms with Crippen molar-refractivity contribution in [2.45, 2.75) is 25.7 Å². The molecule has 1 aliphatic carbocycles. The smallest absolute Gasteiger partial charge is 0.141 e. The van der Waals surface area contributed by atoms with Gasteiger partial charge in [0.15, 0.2) is 0 Å². The van der Waals surface area contributed by atoms with Crippen LogP contribution in [0, 0.1) is 0 Å². The maximum Gasteiger partial charge on any atom is 0.141 e. The molecule has 4 heteroatoms. The number of aromatic hydroxyl groups is 1. The van der Waals surface area contributed by atoms with Gasteiger partial charge in [0.05, 0.1) is 16.1 Å². The van der Waals surface area contributed by atoms with Crippen LogP contribution in [0.2, 0.25) is 0 Å². The van der Waals surface area contributed by atoms with E-state index >= 15 is 0 Å². The first-order chi connectivity index (χ1) is 12.1. The van der Waals surface area contributed by atoms with Gasteiger partial charge in [0.25, 0.3) is 0 Å². The minimum absolute atomic E-state index is 0.267. The van der Waals surface area contributed by atoms with Gasteiger partial charge in [-0.15, -0.1) is 0 Å². The number of phenols is 1. The summed E-state index contributed by atoms with van der Waals surface area (Å²) in [5.41, 5.74) is 4.50. The summed E-state index contributed by atoms with van der Waals surface area (Å²) >= 11 is 7.20. The first kappa shape index (κ1) is 16.9. The van der Waals surface area contributed by atoms with Crippen molar-refractivity contribution in [3.8, 4) is 22.6 Å². The van der Waals surface area contributed by atoms with Gasteiger partial charge < -0.3 is 9.84 Å². The van der Waals surface area contributed by atoms with Gasteiger partial charge >= 0.3 is 0 Å². The van der Waals surface area contributed by atoms with Crippen molar-refractivity contribution < 1.29 is 9.84 Å². The van der Waals surface area contributed by atoms with Gasteiger partial charge in [-0.25, -0.2) is 0 Å². The maximum atomic E-state index is 10.9. The highest BCUT2D eigenvalue weighted by molar-refractivity contribution is 9.11. The average molecular weight is 462 g/mol. The molecule has 3 aromatic carbocycles. The van der Waals surface area contributed by atoms with Crippen molar-refractivity contribution in [2.24, 2.45) is 0 Å². The molecule has 0 saturated carbocycles. The Morgan fingerprint density at radius 2 is 1.72 bits per heavy atom. The van der Waals surface area contributed by atoms with Crippen LogP contribution < -0.4 is 4.74 Å². The first-order valence-electron chi connectivity index (χ1n) is 8.40. The maximum absolute atomic E-state index is 10.9. The summed E-state index contributed by atoms with van der Waals surface area (Å²) in [5, 5.41) is 13.1. The number of rotatable bonds is 2. The van der Waals surface area contributed by atoms with Crippen molar-refractivity contribution in [1.82, 2.24) is 0 Å². The third-order valence-electron chi connectivity index (χ3n) is 4.99. The second kappa shape index (κ2) is 6.65. The van der Waals surface area contributed by atoms with Crippen LogP contribution in [0.3, 0.4) is 0 Å². The Labute approximate surface area is 164 Å². The van der Waals surface area contributed by atoms with E-state index in [1.807, 2.05) is 18.2 Å². The van der Waals surface area contributed by atoms with Crippen molar-refractivity contribution >= 4 is 42.6 Å². The number of ether oxygens (including phenoxy) is 1. The fourth-order valence-electron chi connectivity index (χ4n) is 3.87. The molecule has 4 rings (SSSR count). The highest BCUT2D eigenvalue weighted by atomic mass is 79.9. The van der Waals surface area contributed by atoms with Crippen LogP contribution in [0.4, 0.5) is 0 Å². The molecule has 0 spiro atoms. The number of hydrogen-bond acceptors (Lipinski definition) is 2. The predicted molar refractivity (Wildman–Crippen MR) is 110 cm³/mol. The Hall–Kier alpha value is -1.52. The molecule has 128 valence electrons. The van der Waals surface area contributed by atoms with Crippen molar-refractivity contribution in [2.75, 3.05) is 7.11 Å². The van der Waals surface area contributed by atoms with E-state index in [4.69, 9.17) is 4.74 Å². The fourth-order valence-corrected chi connectivity index (χ4v) is 4.95. The predicted octanol–water partition coefficient (Wildman–Crippen LogP) is 6.62. The zero-order valence-corrected chi connectivity index (χ0v) is 17.1. The third kappa shape index (κ3) is 2.76. The van der Waals surface area contributed by atoms with E-state index in [0.717, 1.165) is 51.4 Å². The van der Waals surface area contributed by atoms with Crippen LogP contribution >= 0.6 is 31.9 Å². The number of methoxy groups -OCH3 is 1. The van der Waals surface area contributed by atoms with E-state index in [0.29, 0.717) is 4.47 Å². The molecule has 2 nitrogen and oxygen atoms in total. The van der Waals surface area contributed by atoms with Gasteiger partial charge in [-0.1, -0.05) is 24.3 Å². The normalized spacial score (nSPS) is 13.7. The molecule has 0 fully saturated rings. The molecule has 0 atom stereocenters. The number of benzene rings is 3. The van der Waals surface area contributed by atoms with Gasteiger partial charge in [-0.05, 0) is 91.6 Å². The van der Waals surface area contributed by atoms with E-state index in [1.54, 1.807) is 7.11 Å². The van der Waals surface area contributed by atoms with Crippen molar-refractivity contribution in [3.63, 3.8) is 0 Å². The van der Waals surface area contributed by atoms with Crippen LogP contribution in [0.15, 0.2) is 45.3 Å². The molecular formula is C21H18Br2O2. The molecule has 0 aliphatic heterocycles. The molecule has 0 heterocycles. The summed E-state index contributed by atoms with van der Waals surface area (Å²) < 4.78 is 7.41. The SMILES string of the molecule is COc1c(Br)cc2c(c1-c1c(O)c(Br)cc3ccccc13)CCCC2. The molecule has 0 bridgehead atoms. The lowest BCUT2D eigenvalue weighted by molar-refractivity contribution is 0.412. The third-order valence-corrected chi connectivity index (χ3v) is 6.18. The molecule has 0 saturated heterocycles. The Kier molecular flexibility index (Phi) is 4.50. The average Bonchev–Trinajstić information content (AvgIpc) is 2.62. The fraction of sp³-hybridized carbons (Fsp3) is 0.238. The second-order valence-corrected chi connectivity index (χ2v) is 8.12.